The number of carbonyl (C=O) groups excluding carboxylic acids is 8. The molecule has 0 bridgehead atoms. The Kier molecular flexibility index (Phi) is 26.8. The first-order valence-electron chi connectivity index (χ1n) is 29.2. The molecule has 0 spiro atoms. The molecule has 0 saturated carbocycles. The van der Waals surface area contributed by atoms with Crippen LogP contribution in [0.2, 0.25) is 0 Å². The summed E-state index contributed by atoms with van der Waals surface area (Å²) in [6.07, 6.45) is 5.82. The SMILES string of the molecule is CC1=C(C(=O)OCCNC(=O)c2cccnc2)C(c2ccccc2[N+](=O)[O-])C(C(=O)OCCNC(=O)c2ccccc2O)=C(C)N1.CC1=C(C(=O)OCCNC(=O)c2cccnc2)C(c2ccccc2[N+](=O)[O-])C(C(=O)OCCNC(=O)c2ccccc2O)=C(C)N1.CCO. The Morgan fingerprint density at radius 2 is 0.737 bits per heavy atom. The Bertz CT molecular complexity index is 3710. The number of nitrogens with one attached hydrogen (secondary N) is 6. The first-order chi connectivity index (χ1) is 45.6. The van der Waals surface area contributed by atoms with Crippen LogP contribution in [0.1, 0.15) is 99.0 Å². The van der Waals surface area contributed by atoms with Crippen LogP contribution in [0.25, 0.3) is 0 Å². The summed E-state index contributed by atoms with van der Waals surface area (Å²) in [4.78, 5) is 134. The van der Waals surface area contributed by atoms with Crippen molar-refractivity contribution in [1.82, 2.24) is 41.9 Å². The molecule has 2 aromatic heterocycles. The van der Waals surface area contributed by atoms with Crippen molar-refractivity contribution in [2.75, 3.05) is 59.2 Å². The van der Waals surface area contributed by atoms with Crippen LogP contribution in [0.4, 0.5) is 11.4 Å². The zero-order chi connectivity index (χ0) is 69.1. The standard InChI is InChI=1S/2C32H31N5O9.C2H6O/c2*1-19-26(31(41)45-16-14-34-29(39)21-8-7-13-33-18-21)28(22-9-3-5-11-24(22)37(43)44)27(20(2)36-19)32(42)46-17-15-35-30(40)23-10-4-6-12-25(23)38;1-2-3/h2*3-13,18,28,36,38H,14-17H2,1-2H3,(H,34,39)(H,35,40);3H,2H2,1H3. The van der Waals surface area contributed by atoms with E-state index in [4.69, 9.17) is 24.1 Å². The number of allylic oxidation sites excluding steroid dienone is 4. The average molecular weight is 1310 g/mol. The minimum absolute atomic E-state index is 0.0361. The molecule has 29 heteroatoms. The molecule has 4 aromatic carbocycles. The number of aliphatic hydroxyl groups excluding tert-OH is 1. The molecule has 0 fully saturated rings. The van der Waals surface area contributed by atoms with Crippen molar-refractivity contribution < 1.29 is 82.5 Å². The number of ether oxygens (including phenoxy) is 4. The predicted octanol–water partition coefficient (Wildman–Crippen LogP) is 5.75. The van der Waals surface area contributed by atoms with E-state index in [9.17, 15) is 68.8 Å². The number of hydrogen-bond acceptors (Lipinski definition) is 23. The number of esters is 4. The first-order valence-corrected chi connectivity index (χ1v) is 29.2. The summed E-state index contributed by atoms with van der Waals surface area (Å²) in [5.74, 6) is -8.41. The van der Waals surface area contributed by atoms with Gasteiger partial charge in [0.1, 0.15) is 37.9 Å². The summed E-state index contributed by atoms with van der Waals surface area (Å²) in [6, 6.07) is 29.7. The molecule has 2 atom stereocenters. The number of benzene rings is 4. The van der Waals surface area contributed by atoms with Gasteiger partial charge in [0.2, 0.25) is 0 Å². The third-order valence-electron chi connectivity index (χ3n) is 13.9. The predicted molar refractivity (Wildman–Crippen MR) is 339 cm³/mol. The second-order valence-electron chi connectivity index (χ2n) is 20.3. The van der Waals surface area contributed by atoms with Crippen molar-refractivity contribution in [3.8, 4) is 11.5 Å². The van der Waals surface area contributed by atoms with Gasteiger partial charge in [-0.25, -0.2) is 19.2 Å². The summed E-state index contributed by atoms with van der Waals surface area (Å²) >= 11 is 0. The normalized spacial score (nSPS) is 13.9. The number of aromatic hydroxyl groups is 2. The van der Waals surface area contributed by atoms with Crippen molar-refractivity contribution >= 4 is 58.9 Å². The molecule has 2 aliphatic heterocycles. The van der Waals surface area contributed by atoms with Gasteiger partial charge >= 0.3 is 23.9 Å². The fourth-order valence-corrected chi connectivity index (χ4v) is 9.75. The van der Waals surface area contributed by atoms with E-state index in [1.54, 1.807) is 95.3 Å². The number of carbonyl (C=O) groups is 8. The number of amides is 4. The van der Waals surface area contributed by atoms with Gasteiger partial charge in [-0.1, -0.05) is 60.7 Å². The van der Waals surface area contributed by atoms with E-state index in [0.29, 0.717) is 33.9 Å². The summed E-state index contributed by atoms with van der Waals surface area (Å²) in [5.41, 5.74) is 1.14. The molecule has 95 heavy (non-hydrogen) atoms. The molecule has 496 valence electrons. The molecule has 0 radical (unpaired) electrons. The third-order valence-corrected chi connectivity index (χ3v) is 13.9. The lowest BCUT2D eigenvalue weighted by atomic mass is 9.79. The van der Waals surface area contributed by atoms with Gasteiger partial charge in [-0.3, -0.25) is 49.4 Å². The highest BCUT2D eigenvalue weighted by Gasteiger charge is 2.43. The van der Waals surface area contributed by atoms with E-state index in [-0.39, 0.29) is 127 Å². The highest BCUT2D eigenvalue weighted by Crippen LogP contribution is 2.44. The number of aliphatic hydroxyl groups is 1. The van der Waals surface area contributed by atoms with Gasteiger partial charge in [0.15, 0.2) is 0 Å². The van der Waals surface area contributed by atoms with Crippen molar-refractivity contribution in [3.05, 3.63) is 245 Å². The van der Waals surface area contributed by atoms with Crippen molar-refractivity contribution in [2.24, 2.45) is 0 Å². The first kappa shape index (κ1) is 71.9. The molecule has 8 rings (SSSR count). The molecular formula is C66H68N10O19. The number of pyridine rings is 2. The number of phenolic OH excluding ortho intramolecular Hbond substituents is 2. The van der Waals surface area contributed by atoms with E-state index >= 15 is 0 Å². The Morgan fingerprint density at radius 1 is 0.453 bits per heavy atom. The Balaban J connectivity index is 0.000000289. The van der Waals surface area contributed by atoms with Gasteiger partial charge < -0.3 is 66.2 Å². The highest BCUT2D eigenvalue weighted by molar-refractivity contribution is 6.02. The number of para-hydroxylation sites is 4. The van der Waals surface area contributed by atoms with Gasteiger partial charge in [0, 0.05) is 77.4 Å². The van der Waals surface area contributed by atoms with Crippen LogP contribution < -0.4 is 31.9 Å². The fraction of sp³-hybridized carbons (Fsp3) is 0.242. The van der Waals surface area contributed by atoms with Crippen molar-refractivity contribution in [3.63, 3.8) is 0 Å². The van der Waals surface area contributed by atoms with Crippen molar-refractivity contribution in [2.45, 2.75) is 46.5 Å². The largest absolute Gasteiger partial charge is 0.507 e. The van der Waals surface area contributed by atoms with Crippen LogP contribution in [0.15, 0.2) is 191 Å². The molecule has 9 N–H and O–H groups in total. The molecule has 4 heterocycles. The molecule has 0 saturated heterocycles. The van der Waals surface area contributed by atoms with Crippen LogP contribution in [-0.2, 0) is 38.1 Å². The Labute approximate surface area is 543 Å². The highest BCUT2D eigenvalue weighted by atomic mass is 16.6. The van der Waals surface area contributed by atoms with Crippen LogP contribution >= 0.6 is 0 Å². The summed E-state index contributed by atoms with van der Waals surface area (Å²) < 4.78 is 21.8. The van der Waals surface area contributed by atoms with E-state index in [1.165, 1.54) is 85.5 Å². The monoisotopic (exact) mass is 1300 g/mol. The van der Waals surface area contributed by atoms with Crippen LogP contribution in [0.5, 0.6) is 11.5 Å². The number of rotatable bonds is 24. The quantitative estimate of drug-likeness (QED) is 0.0114. The smallest absolute Gasteiger partial charge is 0.336 e. The van der Waals surface area contributed by atoms with Gasteiger partial charge in [-0.05, 0) is 83.1 Å². The van der Waals surface area contributed by atoms with Gasteiger partial charge in [0.25, 0.3) is 35.0 Å². The van der Waals surface area contributed by atoms with Crippen molar-refractivity contribution in [1.29, 1.82) is 0 Å². The van der Waals surface area contributed by atoms with Gasteiger partial charge in [-0.2, -0.15) is 0 Å². The topological polar surface area (TPSA) is 418 Å². The van der Waals surface area contributed by atoms with E-state index in [2.05, 4.69) is 41.9 Å². The maximum absolute atomic E-state index is 13.5. The Morgan fingerprint density at radius 3 is 1.02 bits per heavy atom. The molecular weight excluding hydrogens is 1240 g/mol. The number of nitrogens with zero attached hydrogens (tertiary/aromatic N) is 4. The third kappa shape index (κ3) is 19.4. The van der Waals surface area contributed by atoms with Crippen LogP contribution in [0.3, 0.4) is 0 Å². The minimum atomic E-state index is -1.25. The number of nitro groups is 2. The molecule has 0 aliphatic carbocycles. The van der Waals surface area contributed by atoms with Gasteiger partial charge in [-0.15, -0.1) is 0 Å². The zero-order valence-corrected chi connectivity index (χ0v) is 52.0. The zero-order valence-electron chi connectivity index (χ0n) is 52.0. The summed E-state index contributed by atoms with van der Waals surface area (Å²) in [5, 5.41) is 67.6. The van der Waals surface area contributed by atoms with Gasteiger partial charge in [0.05, 0.1) is 92.4 Å². The number of aromatic nitrogens is 2. The molecule has 4 amide bonds. The maximum Gasteiger partial charge on any atom is 0.336 e. The lowest BCUT2D eigenvalue weighted by Gasteiger charge is -2.30. The molecule has 6 aromatic rings. The average Bonchev–Trinajstić information content (AvgIpc) is 0.769. The molecule has 2 aliphatic rings. The second kappa shape index (κ2) is 35.5. The second-order valence-corrected chi connectivity index (χ2v) is 20.3. The van der Waals surface area contributed by atoms with E-state index in [0.717, 1.165) is 0 Å². The fourth-order valence-electron chi connectivity index (χ4n) is 9.75. The number of phenols is 2. The number of hydrogen-bond donors (Lipinski definition) is 9. The lowest BCUT2D eigenvalue weighted by molar-refractivity contribution is -0.385. The van der Waals surface area contributed by atoms with Crippen LogP contribution in [0, 0.1) is 20.2 Å². The Hall–Kier alpha value is -12.1. The van der Waals surface area contributed by atoms with E-state index in [1.807, 2.05) is 0 Å². The maximum atomic E-state index is 13.5. The summed E-state index contributed by atoms with van der Waals surface area (Å²) in [6.45, 7) is 6.90. The van der Waals surface area contributed by atoms with Crippen LogP contribution in [-0.4, -0.2) is 142 Å². The molecule has 2 unspecified atom stereocenters. The molecule has 29 nitrogen and oxygen atoms in total. The lowest BCUT2D eigenvalue weighted by Crippen LogP contribution is -2.35. The number of dihydropyridines is 2. The number of nitro benzene ring substituents is 2. The minimum Gasteiger partial charge on any atom is -0.507 e. The van der Waals surface area contributed by atoms with E-state index < -0.39 is 69.2 Å². The summed E-state index contributed by atoms with van der Waals surface area (Å²) in [7, 11) is 0.